The van der Waals surface area contributed by atoms with Crippen molar-refractivity contribution in [2.24, 2.45) is 0 Å². The summed E-state index contributed by atoms with van der Waals surface area (Å²) in [4.78, 5) is 3.38. The summed E-state index contributed by atoms with van der Waals surface area (Å²) in [5.74, 6) is 0.748. The predicted molar refractivity (Wildman–Crippen MR) is 84.9 cm³/mol. The third kappa shape index (κ3) is 5.82. The normalized spacial score (nSPS) is 17.7. The van der Waals surface area contributed by atoms with Gasteiger partial charge in [0.15, 0.2) is 0 Å². The van der Waals surface area contributed by atoms with Gasteiger partial charge in [0.25, 0.3) is 0 Å². The molecular formula is C14H21Cl2NOS. The molecule has 2 nitrogen and oxygen atoms in total. The molecule has 0 spiro atoms. The van der Waals surface area contributed by atoms with Crippen LogP contribution in [0.3, 0.4) is 0 Å². The standard InChI is InChI=1S/C14H20ClNOS.ClH/c15-13-5-7-14(8-6-13)18(17)12-4-11-16-9-2-1-3-10-16;/h5-8H,1-4,9-12H2;1H. The minimum atomic E-state index is -0.881. The fraction of sp³-hybridized carbons (Fsp3) is 0.571. The van der Waals surface area contributed by atoms with Gasteiger partial charge >= 0.3 is 0 Å². The largest absolute Gasteiger partial charge is 0.303 e. The number of piperidine rings is 1. The SMILES string of the molecule is Cl.O=S(CCCN1CCCCC1)c1ccc(Cl)cc1. The number of halogens is 2. The van der Waals surface area contributed by atoms with Gasteiger partial charge < -0.3 is 4.90 Å². The summed E-state index contributed by atoms with van der Waals surface area (Å²) in [5.41, 5.74) is 0. The Hall–Kier alpha value is -0.0900. The predicted octanol–water partition coefficient (Wildman–Crippen LogP) is 3.75. The molecule has 19 heavy (non-hydrogen) atoms. The first-order chi connectivity index (χ1) is 8.75. The van der Waals surface area contributed by atoms with E-state index in [9.17, 15) is 4.21 Å². The molecule has 1 aromatic carbocycles. The molecule has 1 aliphatic rings. The Morgan fingerprint density at radius 2 is 1.74 bits per heavy atom. The van der Waals surface area contributed by atoms with E-state index < -0.39 is 10.8 Å². The first-order valence-electron chi connectivity index (χ1n) is 6.62. The van der Waals surface area contributed by atoms with Crippen molar-refractivity contribution in [3.05, 3.63) is 29.3 Å². The minimum Gasteiger partial charge on any atom is -0.303 e. The lowest BCUT2D eigenvalue weighted by molar-refractivity contribution is 0.230. The summed E-state index contributed by atoms with van der Waals surface area (Å²) < 4.78 is 12.0. The molecule has 1 saturated heterocycles. The van der Waals surface area contributed by atoms with Crippen LogP contribution in [0.25, 0.3) is 0 Å². The second-order valence-corrected chi connectivity index (χ2v) is 6.77. The van der Waals surface area contributed by atoms with E-state index in [-0.39, 0.29) is 12.4 Å². The molecule has 1 atom stereocenters. The summed E-state index contributed by atoms with van der Waals surface area (Å²) in [7, 11) is -0.881. The molecule has 1 unspecified atom stereocenters. The average Bonchev–Trinajstić information content (AvgIpc) is 2.40. The topological polar surface area (TPSA) is 20.3 Å². The van der Waals surface area contributed by atoms with Gasteiger partial charge in [0.1, 0.15) is 0 Å². The second-order valence-electron chi connectivity index (χ2n) is 4.76. The van der Waals surface area contributed by atoms with Crippen LogP contribution in [0.4, 0.5) is 0 Å². The van der Waals surface area contributed by atoms with Crippen LogP contribution in [0.1, 0.15) is 25.7 Å². The van der Waals surface area contributed by atoms with Gasteiger partial charge in [-0.1, -0.05) is 18.0 Å². The summed E-state index contributed by atoms with van der Waals surface area (Å²) in [5, 5.41) is 0.698. The highest BCUT2D eigenvalue weighted by Gasteiger charge is 2.10. The van der Waals surface area contributed by atoms with E-state index in [1.165, 1.54) is 32.4 Å². The van der Waals surface area contributed by atoms with E-state index in [1.807, 2.05) is 12.1 Å². The molecule has 1 aliphatic heterocycles. The minimum absolute atomic E-state index is 0. The van der Waals surface area contributed by atoms with Crippen LogP contribution in [0, 0.1) is 0 Å². The van der Waals surface area contributed by atoms with Crippen molar-refractivity contribution in [3.63, 3.8) is 0 Å². The summed E-state index contributed by atoms with van der Waals surface area (Å²) >= 11 is 5.82. The van der Waals surface area contributed by atoms with Crippen LogP contribution < -0.4 is 0 Å². The van der Waals surface area contributed by atoms with Crippen molar-refractivity contribution in [3.8, 4) is 0 Å². The van der Waals surface area contributed by atoms with Crippen molar-refractivity contribution in [2.75, 3.05) is 25.4 Å². The maximum absolute atomic E-state index is 12.0. The third-order valence-corrected chi connectivity index (χ3v) is 5.04. The number of likely N-dealkylation sites (tertiary alicyclic amines) is 1. The van der Waals surface area contributed by atoms with Gasteiger partial charge in [-0.25, -0.2) is 0 Å². The molecule has 2 rings (SSSR count). The van der Waals surface area contributed by atoms with E-state index in [2.05, 4.69) is 4.90 Å². The third-order valence-electron chi connectivity index (χ3n) is 3.33. The fourth-order valence-corrected chi connectivity index (χ4v) is 3.50. The Kier molecular flexibility index (Phi) is 8.00. The lowest BCUT2D eigenvalue weighted by Gasteiger charge is -2.26. The highest BCUT2D eigenvalue weighted by Crippen LogP contribution is 2.14. The second kappa shape index (κ2) is 8.96. The van der Waals surface area contributed by atoms with Crippen LogP contribution in [0.5, 0.6) is 0 Å². The number of hydrogen-bond donors (Lipinski definition) is 0. The first kappa shape index (κ1) is 17.0. The Morgan fingerprint density at radius 1 is 1.11 bits per heavy atom. The highest BCUT2D eigenvalue weighted by molar-refractivity contribution is 7.85. The summed E-state index contributed by atoms with van der Waals surface area (Å²) in [6.07, 6.45) is 5.02. The van der Waals surface area contributed by atoms with Crippen LogP contribution in [0.2, 0.25) is 5.02 Å². The van der Waals surface area contributed by atoms with Gasteiger partial charge in [0, 0.05) is 15.7 Å². The molecule has 5 heteroatoms. The zero-order chi connectivity index (χ0) is 12.8. The number of nitrogens with zero attached hydrogens (tertiary/aromatic N) is 1. The smallest absolute Gasteiger partial charge is 0.0529 e. The van der Waals surface area contributed by atoms with Crippen molar-refractivity contribution >= 4 is 34.8 Å². The van der Waals surface area contributed by atoms with E-state index in [4.69, 9.17) is 11.6 Å². The van der Waals surface area contributed by atoms with Gasteiger partial charge in [0.2, 0.25) is 0 Å². The maximum Gasteiger partial charge on any atom is 0.0529 e. The van der Waals surface area contributed by atoms with Crippen LogP contribution in [-0.2, 0) is 10.8 Å². The summed E-state index contributed by atoms with van der Waals surface area (Å²) in [6.45, 7) is 3.51. The first-order valence-corrected chi connectivity index (χ1v) is 8.32. The van der Waals surface area contributed by atoms with Gasteiger partial charge in [-0.2, -0.15) is 0 Å². The molecule has 1 heterocycles. The molecule has 1 aromatic rings. The van der Waals surface area contributed by atoms with Crippen molar-refractivity contribution in [1.29, 1.82) is 0 Å². The highest BCUT2D eigenvalue weighted by atomic mass is 35.5. The molecule has 1 fully saturated rings. The van der Waals surface area contributed by atoms with E-state index >= 15 is 0 Å². The molecule has 0 amide bonds. The van der Waals surface area contributed by atoms with Crippen LogP contribution >= 0.6 is 24.0 Å². The lowest BCUT2D eigenvalue weighted by Crippen LogP contribution is -2.31. The molecule has 0 radical (unpaired) electrons. The average molecular weight is 322 g/mol. The van der Waals surface area contributed by atoms with Crippen LogP contribution in [-0.4, -0.2) is 34.5 Å². The molecule has 0 N–H and O–H groups in total. The molecular weight excluding hydrogens is 301 g/mol. The van der Waals surface area contributed by atoms with Crippen molar-refractivity contribution in [1.82, 2.24) is 4.90 Å². The molecule has 108 valence electrons. The quantitative estimate of drug-likeness (QED) is 0.823. The zero-order valence-corrected chi connectivity index (χ0v) is 13.4. The molecule has 0 saturated carbocycles. The van der Waals surface area contributed by atoms with E-state index in [0.717, 1.165) is 23.6 Å². The van der Waals surface area contributed by atoms with Gasteiger partial charge in [-0.3, -0.25) is 4.21 Å². The zero-order valence-electron chi connectivity index (χ0n) is 11.0. The Balaban J connectivity index is 0.00000180. The van der Waals surface area contributed by atoms with E-state index in [1.54, 1.807) is 12.1 Å². The van der Waals surface area contributed by atoms with E-state index in [0.29, 0.717) is 5.02 Å². The number of rotatable bonds is 5. The molecule has 0 aliphatic carbocycles. The van der Waals surface area contributed by atoms with Gasteiger partial charge in [-0.15, -0.1) is 12.4 Å². The molecule has 0 bridgehead atoms. The Bertz CT molecular complexity index is 391. The van der Waals surface area contributed by atoms with Gasteiger partial charge in [-0.05, 0) is 63.2 Å². The number of hydrogen-bond acceptors (Lipinski definition) is 2. The van der Waals surface area contributed by atoms with Crippen molar-refractivity contribution in [2.45, 2.75) is 30.6 Å². The monoisotopic (exact) mass is 321 g/mol. The summed E-state index contributed by atoms with van der Waals surface area (Å²) in [6, 6.07) is 7.33. The van der Waals surface area contributed by atoms with Crippen molar-refractivity contribution < 1.29 is 4.21 Å². The Labute approximate surface area is 129 Å². The fourth-order valence-electron chi connectivity index (χ4n) is 2.31. The van der Waals surface area contributed by atoms with Gasteiger partial charge in [0.05, 0.1) is 10.8 Å². The molecule has 0 aromatic heterocycles. The van der Waals surface area contributed by atoms with Crippen LogP contribution in [0.15, 0.2) is 29.2 Å². The Morgan fingerprint density at radius 3 is 2.37 bits per heavy atom. The maximum atomic E-state index is 12.0. The number of benzene rings is 1. The lowest BCUT2D eigenvalue weighted by atomic mass is 10.1.